The zero-order valence-electron chi connectivity index (χ0n) is 19.5. The van der Waals surface area contributed by atoms with E-state index in [0.717, 1.165) is 22.5 Å². The number of rotatable bonds is 7. The average Bonchev–Trinajstić information content (AvgIpc) is 3.23. The molecule has 0 spiro atoms. The Balaban J connectivity index is 1.58. The van der Waals surface area contributed by atoms with Crippen molar-refractivity contribution in [1.82, 2.24) is 9.97 Å². The Morgan fingerprint density at radius 1 is 1.00 bits per heavy atom. The van der Waals surface area contributed by atoms with Gasteiger partial charge in [0.2, 0.25) is 5.91 Å². The molecule has 1 atom stereocenters. The van der Waals surface area contributed by atoms with E-state index in [1.807, 2.05) is 6.92 Å². The zero-order chi connectivity index (χ0) is 24.2. The van der Waals surface area contributed by atoms with Gasteiger partial charge in [-0.3, -0.25) is 4.79 Å². The normalized spacial score (nSPS) is 11.8. The summed E-state index contributed by atoms with van der Waals surface area (Å²) in [5, 5.41) is 3.65. The lowest BCUT2D eigenvalue weighted by Gasteiger charge is -2.12. The molecule has 0 saturated carbocycles. The summed E-state index contributed by atoms with van der Waals surface area (Å²) in [4.78, 5) is 21.1. The fourth-order valence-corrected chi connectivity index (χ4v) is 4.53. The van der Waals surface area contributed by atoms with Crippen molar-refractivity contribution in [1.29, 1.82) is 0 Å². The summed E-state index contributed by atoms with van der Waals surface area (Å²) in [7, 11) is 1.55. The van der Waals surface area contributed by atoms with Gasteiger partial charge in [0.15, 0.2) is 5.16 Å². The van der Waals surface area contributed by atoms with E-state index in [-0.39, 0.29) is 11.2 Å². The molecule has 0 aliphatic carbocycles. The Kier molecular flexibility index (Phi) is 7.29. The number of nitrogens with zero attached hydrogens (tertiary/aromatic N) is 1. The van der Waals surface area contributed by atoms with Crippen molar-refractivity contribution >= 4 is 35.0 Å². The maximum atomic E-state index is 12.8. The molecule has 1 heterocycles. The first-order valence-corrected chi connectivity index (χ1v) is 12.1. The minimum Gasteiger partial charge on any atom is -0.495 e. The Morgan fingerprint density at radius 2 is 1.62 bits per heavy atom. The van der Waals surface area contributed by atoms with Crippen LogP contribution in [-0.4, -0.2) is 28.2 Å². The third-order valence-electron chi connectivity index (χ3n) is 5.42. The minimum absolute atomic E-state index is 0.142. The van der Waals surface area contributed by atoms with E-state index in [4.69, 9.17) is 21.3 Å². The van der Waals surface area contributed by atoms with Crippen LogP contribution >= 0.6 is 23.4 Å². The number of aromatic amines is 1. The van der Waals surface area contributed by atoms with Crippen LogP contribution in [0.1, 0.15) is 18.1 Å². The van der Waals surface area contributed by atoms with Crippen molar-refractivity contribution in [2.24, 2.45) is 0 Å². The van der Waals surface area contributed by atoms with Crippen LogP contribution < -0.4 is 10.1 Å². The first-order chi connectivity index (χ1) is 16.3. The molecule has 34 heavy (non-hydrogen) atoms. The molecule has 1 amide bonds. The molecule has 4 aromatic rings. The standard InChI is InChI=1S/C27H26ClN3O2S/c1-16-5-9-19(10-6-16)24-25(20-11-7-17(2)8-12-20)31-27(30-24)34-18(3)26(32)29-21-13-14-23(33-4)22(28)15-21/h5-15,18H,1-4H3,(H,29,32)(H,30,31). The SMILES string of the molecule is COc1ccc(NC(=O)C(C)Sc2nc(-c3ccc(C)cc3)c(-c3ccc(C)cc3)[nH]2)cc1Cl. The number of hydrogen-bond donors (Lipinski definition) is 2. The summed E-state index contributed by atoms with van der Waals surface area (Å²) in [5.41, 5.74) is 6.86. The number of ether oxygens (including phenoxy) is 1. The van der Waals surface area contributed by atoms with Gasteiger partial charge in [-0.1, -0.05) is 83.0 Å². The van der Waals surface area contributed by atoms with E-state index in [0.29, 0.717) is 21.6 Å². The fraction of sp³-hybridized carbons (Fsp3) is 0.185. The van der Waals surface area contributed by atoms with Crippen molar-refractivity contribution in [3.05, 3.63) is 82.9 Å². The van der Waals surface area contributed by atoms with Crippen molar-refractivity contribution < 1.29 is 9.53 Å². The van der Waals surface area contributed by atoms with Gasteiger partial charge in [0.1, 0.15) is 5.75 Å². The highest BCUT2D eigenvalue weighted by Crippen LogP contribution is 2.34. The van der Waals surface area contributed by atoms with E-state index < -0.39 is 0 Å². The number of aromatic nitrogens is 2. The van der Waals surface area contributed by atoms with Gasteiger partial charge in [-0.25, -0.2) is 4.98 Å². The summed E-state index contributed by atoms with van der Waals surface area (Å²) >= 11 is 7.56. The van der Waals surface area contributed by atoms with Crippen molar-refractivity contribution in [3.8, 4) is 28.3 Å². The molecular weight excluding hydrogens is 466 g/mol. The highest BCUT2D eigenvalue weighted by Gasteiger charge is 2.20. The third-order valence-corrected chi connectivity index (χ3v) is 6.70. The lowest BCUT2D eigenvalue weighted by molar-refractivity contribution is -0.115. The predicted octanol–water partition coefficient (Wildman–Crippen LogP) is 7.14. The maximum absolute atomic E-state index is 12.8. The number of imidazole rings is 1. The van der Waals surface area contributed by atoms with E-state index in [1.165, 1.54) is 22.9 Å². The first kappa shape index (κ1) is 23.9. The van der Waals surface area contributed by atoms with Crippen LogP contribution in [-0.2, 0) is 4.79 Å². The molecule has 0 aliphatic rings. The van der Waals surface area contributed by atoms with Gasteiger partial charge >= 0.3 is 0 Å². The monoisotopic (exact) mass is 491 g/mol. The molecule has 0 aliphatic heterocycles. The molecule has 0 radical (unpaired) electrons. The number of anilines is 1. The first-order valence-electron chi connectivity index (χ1n) is 10.9. The Bertz CT molecular complexity index is 1240. The summed E-state index contributed by atoms with van der Waals surface area (Å²) in [5.74, 6) is 0.418. The molecule has 7 heteroatoms. The molecule has 0 bridgehead atoms. The van der Waals surface area contributed by atoms with Crippen LogP contribution in [0.3, 0.4) is 0 Å². The number of carbonyl (C=O) groups is 1. The molecule has 0 saturated heterocycles. The largest absolute Gasteiger partial charge is 0.495 e. The van der Waals surface area contributed by atoms with Gasteiger partial charge in [0.05, 0.1) is 28.8 Å². The number of nitrogens with one attached hydrogen (secondary N) is 2. The number of amides is 1. The minimum atomic E-state index is -0.385. The van der Waals surface area contributed by atoms with Crippen LogP contribution in [0, 0.1) is 13.8 Å². The third kappa shape index (κ3) is 5.46. The van der Waals surface area contributed by atoms with Crippen LogP contribution in [0.4, 0.5) is 5.69 Å². The second kappa shape index (κ2) is 10.4. The molecule has 174 valence electrons. The van der Waals surface area contributed by atoms with Gasteiger partial charge in [-0.05, 0) is 39.0 Å². The number of carbonyl (C=O) groups excluding carboxylic acids is 1. The quantitative estimate of drug-likeness (QED) is 0.269. The lowest BCUT2D eigenvalue weighted by Crippen LogP contribution is -2.22. The second-order valence-corrected chi connectivity index (χ2v) is 9.83. The van der Waals surface area contributed by atoms with Crippen LogP contribution in [0.15, 0.2) is 71.9 Å². The van der Waals surface area contributed by atoms with Gasteiger partial charge in [0, 0.05) is 16.8 Å². The molecule has 0 fully saturated rings. The number of aryl methyl sites for hydroxylation is 2. The van der Waals surface area contributed by atoms with Crippen molar-refractivity contribution in [2.45, 2.75) is 31.2 Å². The van der Waals surface area contributed by atoms with Gasteiger partial charge in [-0.2, -0.15) is 0 Å². The number of H-pyrrole nitrogens is 1. The van der Waals surface area contributed by atoms with Crippen LogP contribution in [0.2, 0.25) is 5.02 Å². The van der Waals surface area contributed by atoms with E-state index >= 15 is 0 Å². The highest BCUT2D eigenvalue weighted by atomic mass is 35.5. The second-order valence-electron chi connectivity index (χ2n) is 8.10. The highest BCUT2D eigenvalue weighted by molar-refractivity contribution is 8.00. The summed E-state index contributed by atoms with van der Waals surface area (Å²) in [6.07, 6.45) is 0. The van der Waals surface area contributed by atoms with Crippen molar-refractivity contribution in [2.75, 3.05) is 12.4 Å². The number of halogens is 1. The summed E-state index contributed by atoms with van der Waals surface area (Å²) in [6.45, 7) is 5.98. The number of hydrogen-bond acceptors (Lipinski definition) is 4. The topological polar surface area (TPSA) is 67.0 Å². The molecule has 1 aromatic heterocycles. The number of methoxy groups -OCH3 is 1. The molecule has 5 nitrogen and oxygen atoms in total. The molecule has 4 rings (SSSR count). The van der Waals surface area contributed by atoms with Crippen LogP contribution in [0.25, 0.3) is 22.5 Å². The molecule has 3 aromatic carbocycles. The smallest absolute Gasteiger partial charge is 0.237 e. The summed E-state index contributed by atoms with van der Waals surface area (Å²) in [6, 6.07) is 21.8. The molecule has 1 unspecified atom stereocenters. The van der Waals surface area contributed by atoms with E-state index in [2.05, 4.69) is 72.7 Å². The van der Waals surface area contributed by atoms with Gasteiger partial charge < -0.3 is 15.0 Å². The maximum Gasteiger partial charge on any atom is 0.237 e. The lowest BCUT2D eigenvalue weighted by atomic mass is 10.0. The Hall–Kier alpha value is -3.22. The number of benzene rings is 3. The van der Waals surface area contributed by atoms with Gasteiger partial charge in [0.25, 0.3) is 0 Å². The Morgan fingerprint density at radius 3 is 2.21 bits per heavy atom. The van der Waals surface area contributed by atoms with Crippen molar-refractivity contribution in [3.63, 3.8) is 0 Å². The summed E-state index contributed by atoms with van der Waals surface area (Å²) < 4.78 is 5.17. The average molecular weight is 492 g/mol. The van der Waals surface area contributed by atoms with Gasteiger partial charge in [-0.15, -0.1) is 0 Å². The van der Waals surface area contributed by atoms with E-state index in [1.54, 1.807) is 25.3 Å². The molecule has 2 N–H and O–H groups in total. The molecular formula is C27H26ClN3O2S. The Labute approximate surface area is 208 Å². The number of thioether (sulfide) groups is 1. The van der Waals surface area contributed by atoms with E-state index in [9.17, 15) is 4.79 Å². The predicted molar refractivity (Wildman–Crippen MR) is 141 cm³/mol. The zero-order valence-corrected chi connectivity index (χ0v) is 21.1. The fourth-order valence-electron chi connectivity index (χ4n) is 3.47. The van der Waals surface area contributed by atoms with Crippen LogP contribution in [0.5, 0.6) is 5.75 Å².